The maximum absolute atomic E-state index is 12.3. The van der Waals surface area contributed by atoms with Crippen molar-refractivity contribution in [2.24, 2.45) is 5.92 Å². The van der Waals surface area contributed by atoms with Crippen LogP contribution in [-0.4, -0.2) is 53.5 Å². The molecule has 10 heteroatoms. The number of benzene rings is 1. The predicted octanol–water partition coefficient (Wildman–Crippen LogP) is 3.79. The Morgan fingerprint density at radius 1 is 1.23 bits per heavy atom. The number of aromatic amines is 1. The number of ether oxygens (including phenoxy) is 1. The van der Waals surface area contributed by atoms with E-state index in [2.05, 4.69) is 9.40 Å². The van der Waals surface area contributed by atoms with Crippen molar-refractivity contribution >= 4 is 35.2 Å². The molecule has 2 aromatic rings. The number of rotatable bonds is 6. The fourth-order valence-electron chi connectivity index (χ4n) is 3.40. The summed E-state index contributed by atoms with van der Waals surface area (Å²) in [5, 5.41) is 0.994. The number of halogens is 2. The molecule has 2 amide bonds. The first-order chi connectivity index (χ1) is 14.3. The Morgan fingerprint density at radius 2 is 1.90 bits per heavy atom. The van der Waals surface area contributed by atoms with E-state index in [4.69, 9.17) is 27.9 Å². The van der Waals surface area contributed by atoms with E-state index < -0.39 is 5.76 Å². The summed E-state index contributed by atoms with van der Waals surface area (Å²) in [6.07, 6.45) is 3.25. The molecule has 1 saturated heterocycles. The Bertz CT molecular complexity index is 930. The molecule has 1 fully saturated rings. The zero-order chi connectivity index (χ0) is 21.7. The molecule has 0 saturated carbocycles. The van der Waals surface area contributed by atoms with Crippen molar-refractivity contribution < 1.29 is 18.7 Å². The van der Waals surface area contributed by atoms with E-state index >= 15 is 0 Å². The molecule has 1 aliphatic heterocycles. The summed E-state index contributed by atoms with van der Waals surface area (Å²) in [6.45, 7) is 1.87. The van der Waals surface area contributed by atoms with E-state index in [1.807, 2.05) is 0 Å². The molecule has 3 rings (SSSR count). The van der Waals surface area contributed by atoms with Crippen molar-refractivity contribution in [2.45, 2.75) is 25.9 Å². The molecule has 0 atom stereocenters. The highest BCUT2D eigenvalue weighted by Gasteiger charge is 2.25. The third-order valence-corrected chi connectivity index (χ3v) is 5.56. The van der Waals surface area contributed by atoms with E-state index in [1.165, 1.54) is 0 Å². The number of carbonyl (C=O) groups excluding carboxylic acids is 2. The molecular weight excluding hydrogens is 433 g/mol. The van der Waals surface area contributed by atoms with E-state index in [0.717, 1.165) is 31.1 Å². The molecule has 0 bridgehead atoms. The van der Waals surface area contributed by atoms with Crippen LogP contribution in [0.2, 0.25) is 10.0 Å². The maximum atomic E-state index is 12.3. The second kappa shape index (κ2) is 10.0. The highest BCUT2D eigenvalue weighted by atomic mass is 35.5. The molecule has 162 valence electrons. The Balaban J connectivity index is 1.39. The summed E-state index contributed by atoms with van der Waals surface area (Å²) in [5.41, 5.74) is 0.878. The minimum atomic E-state index is -0.649. The van der Waals surface area contributed by atoms with Gasteiger partial charge in [-0.05, 0) is 48.9 Å². The standard InChI is InChI=1S/C20H23Cl2N3O5/c1-24(18(26)17-12-29-19(27)23-17)5-2-13-3-6-25(7-4-13)20(28)30-11-14-8-15(21)10-16(22)9-14/h8-10,12-13H,2-7,11H2,1H3,(H,23,27). The van der Waals surface area contributed by atoms with Gasteiger partial charge in [-0.3, -0.25) is 9.78 Å². The maximum Gasteiger partial charge on any atom is 0.416 e. The SMILES string of the molecule is CN(CCC1CCN(C(=O)OCc2cc(Cl)cc(Cl)c2)CC1)C(=O)c1coc(=O)[nH]1. The summed E-state index contributed by atoms with van der Waals surface area (Å²) in [4.78, 5) is 41.1. The van der Waals surface area contributed by atoms with E-state index in [-0.39, 0.29) is 24.3 Å². The number of hydrogen-bond donors (Lipinski definition) is 1. The lowest BCUT2D eigenvalue weighted by atomic mass is 9.93. The van der Waals surface area contributed by atoms with Crippen molar-refractivity contribution in [1.29, 1.82) is 0 Å². The predicted molar refractivity (Wildman–Crippen MR) is 112 cm³/mol. The molecule has 0 unspecified atom stereocenters. The number of carbonyl (C=O) groups is 2. The van der Waals surface area contributed by atoms with Crippen molar-refractivity contribution in [2.75, 3.05) is 26.7 Å². The third kappa shape index (κ3) is 6.03. The van der Waals surface area contributed by atoms with Gasteiger partial charge in [-0.15, -0.1) is 0 Å². The van der Waals surface area contributed by atoms with Crippen LogP contribution in [0.25, 0.3) is 0 Å². The van der Waals surface area contributed by atoms with Crippen LogP contribution in [0.3, 0.4) is 0 Å². The molecule has 0 spiro atoms. The highest BCUT2D eigenvalue weighted by Crippen LogP contribution is 2.23. The van der Waals surface area contributed by atoms with Crippen molar-refractivity contribution in [3.63, 3.8) is 0 Å². The number of nitrogens with one attached hydrogen (secondary N) is 1. The molecule has 1 aromatic heterocycles. The number of hydrogen-bond acceptors (Lipinski definition) is 5. The van der Waals surface area contributed by atoms with Gasteiger partial charge < -0.3 is 19.0 Å². The number of likely N-dealkylation sites (tertiary alicyclic amines) is 1. The molecule has 8 nitrogen and oxygen atoms in total. The molecule has 1 aromatic carbocycles. The zero-order valence-corrected chi connectivity index (χ0v) is 18.0. The summed E-state index contributed by atoms with van der Waals surface area (Å²) in [7, 11) is 1.68. The van der Waals surface area contributed by atoms with Crippen molar-refractivity contribution in [3.8, 4) is 0 Å². The summed E-state index contributed by atoms with van der Waals surface area (Å²) < 4.78 is 9.98. The van der Waals surface area contributed by atoms with Crippen LogP contribution in [0, 0.1) is 5.92 Å². The average molecular weight is 456 g/mol. The third-order valence-electron chi connectivity index (χ3n) is 5.13. The van der Waals surface area contributed by atoms with Gasteiger partial charge in [-0.1, -0.05) is 23.2 Å². The van der Waals surface area contributed by atoms with Crippen LogP contribution in [0.5, 0.6) is 0 Å². The lowest BCUT2D eigenvalue weighted by Crippen LogP contribution is -2.39. The van der Waals surface area contributed by atoms with Crippen LogP contribution in [0.15, 0.2) is 33.7 Å². The summed E-state index contributed by atoms with van der Waals surface area (Å²) in [5.74, 6) is -0.535. The van der Waals surface area contributed by atoms with E-state index in [1.54, 1.807) is 35.0 Å². The van der Waals surface area contributed by atoms with Gasteiger partial charge in [0, 0.05) is 36.7 Å². The molecule has 1 aliphatic rings. The van der Waals surface area contributed by atoms with Gasteiger partial charge in [-0.25, -0.2) is 9.59 Å². The topological polar surface area (TPSA) is 95.8 Å². The van der Waals surface area contributed by atoms with Gasteiger partial charge >= 0.3 is 11.8 Å². The number of piperidine rings is 1. The first kappa shape index (κ1) is 22.2. The first-order valence-corrected chi connectivity index (χ1v) is 10.4. The molecule has 2 heterocycles. The summed E-state index contributed by atoms with van der Waals surface area (Å²) >= 11 is 11.9. The van der Waals surface area contributed by atoms with Crippen molar-refractivity contribution in [3.05, 3.63) is 56.3 Å². The molecule has 30 heavy (non-hydrogen) atoms. The van der Waals surface area contributed by atoms with Gasteiger partial charge in [0.25, 0.3) is 5.91 Å². The quantitative estimate of drug-likeness (QED) is 0.714. The Hall–Kier alpha value is -2.45. The lowest BCUT2D eigenvalue weighted by Gasteiger charge is -2.32. The smallest absolute Gasteiger partial charge is 0.416 e. The molecule has 0 radical (unpaired) electrons. The second-order valence-corrected chi connectivity index (χ2v) is 8.21. The summed E-state index contributed by atoms with van der Waals surface area (Å²) in [6, 6.07) is 5.05. The minimum Gasteiger partial charge on any atom is -0.445 e. The number of oxazole rings is 1. The fourth-order valence-corrected chi connectivity index (χ4v) is 3.97. The fraction of sp³-hybridized carbons (Fsp3) is 0.450. The number of amides is 2. The van der Waals surface area contributed by atoms with Crippen molar-refractivity contribution in [1.82, 2.24) is 14.8 Å². The Labute approximate surface area is 183 Å². The van der Waals surface area contributed by atoms with Crippen LogP contribution in [0.4, 0.5) is 4.79 Å². The molecule has 1 N–H and O–H groups in total. The van der Waals surface area contributed by atoms with E-state index in [0.29, 0.717) is 35.6 Å². The number of nitrogens with zero attached hydrogens (tertiary/aromatic N) is 2. The van der Waals surface area contributed by atoms with E-state index in [9.17, 15) is 14.4 Å². The Morgan fingerprint density at radius 3 is 2.50 bits per heavy atom. The van der Waals surface area contributed by atoms with Crippen LogP contribution in [-0.2, 0) is 11.3 Å². The van der Waals surface area contributed by atoms with Crippen LogP contribution >= 0.6 is 23.2 Å². The number of H-pyrrole nitrogens is 1. The lowest BCUT2D eigenvalue weighted by molar-refractivity contribution is 0.0744. The van der Waals surface area contributed by atoms with Gasteiger partial charge in [0.05, 0.1) is 0 Å². The van der Waals surface area contributed by atoms with Crippen LogP contribution < -0.4 is 5.76 Å². The van der Waals surface area contributed by atoms with Gasteiger partial charge in [-0.2, -0.15) is 0 Å². The largest absolute Gasteiger partial charge is 0.445 e. The van der Waals surface area contributed by atoms with Crippen LogP contribution in [0.1, 0.15) is 35.3 Å². The second-order valence-electron chi connectivity index (χ2n) is 7.34. The zero-order valence-electron chi connectivity index (χ0n) is 16.5. The minimum absolute atomic E-state index is 0.113. The van der Waals surface area contributed by atoms with Gasteiger partial charge in [0.2, 0.25) is 0 Å². The highest BCUT2D eigenvalue weighted by molar-refractivity contribution is 6.34. The van der Waals surface area contributed by atoms with Gasteiger partial charge in [0.1, 0.15) is 18.6 Å². The Kier molecular flexibility index (Phi) is 7.44. The molecular formula is C20H23Cl2N3O5. The molecule has 0 aliphatic carbocycles. The normalized spacial score (nSPS) is 14.6. The number of aromatic nitrogens is 1. The monoisotopic (exact) mass is 455 g/mol. The average Bonchev–Trinajstić information content (AvgIpc) is 3.15. The van der Waals surface area contributed by atoms with Gasteiger partial charge in [0.15, 0.2) is 0 Å². The first-order valence-electron chi connectivity index (χ1n) is 9.62.